The largest absolute Gasteiger partial charge is 0.323 e. The Morgan fingerprint density at radius 1 is 1.64 bits per heavy atom. The molecule has 76 valence electrons. The molecule has 0 aliphatic rings. The molecule has 0 radical (unpaired) electrons. The van der Waals surface area contributed by atoms with Gasteiger partial charge in [-0.3, -0.25) is 4.79 Å². The van der Waals surface area contributed by atoms with E-state index in [1.807, 2.05) is 6.92 Å². The minimum atomic E-state index is -0.158. The number of halogens is 2. The van der Waals surface area contributed by atoms with Crippen molar-refractivity contribution < 1.29 is 4.79 Å². The molecule has 14 heavy (non-hydrogen) atoms. The molecule has 0 aliphatic heterocycles. The second kappa shape index (κ2) is 5.17. The molecule has 5 heteroatoms. The number of aromatic nitrogens is 1. The van der Waals surface area contributed by atoms with E-state index in [1.165, 1.54) is 0 Å². The average Bonchev–Trinajstić information content (AvgIpc) is 2.12. The molecule has 0 bridgehead atoms. The number of hydrogen-bond donors (Lipinski definition) is 1. The molecule has 1 N–H and O–H groups in total. The zero-order valence-electron chi connectivity index (χ0n) is 7.68. The van der Waals surface area contributed by atoms with Crippen LogP contribution in [0.3, 0.4) is 0 Å². The van der Waals surface area contributed by atoms with Gasteiger partial charge in [-0.15, -0.1) is 11.6 Å². The van der Waals surface area contributed by atoms with E-state index in [4.69, 9.17) is 23.2 Å². The Hall–Kier alpha value is -0.800. The second-order valence-electron chi connectivity index (χ2n) is 2.84. The van der Waals surface area contributed by atoms with Crippen LogP contribution in [-0.2, 0) is 4.79 Å². The van der Waals surface area contributed by atoms with Gasteiger partial charge in [-0.25, -0.2) is 4.98 Å². The van der Waals surface area contributed by atoms with E-state index in [9.17, 15) is 4.79 Å². The maximum Gasteiger partial charge on any atom is 0.225 e. The lowest BCUT2D eigenvalue weighted by atomic mass is 10.3. The smallest absolute Gasteiger partial charge is 0.225 e. The highest BCUT2D eigenvalue weighted by Gasteiger charge is 2.05. The van der Waals surface area contributed by atoms with Crippen LogP contribution in [0.2, 0.25) is 5.15 Å². The van der Waals surface area contributed by atoms with Crippen molar-refractivity contribution in [1.29, 1.82) is 0 Å². The third-order valence-electron chi connectivity index (χ3n) is 1.57. The first-order valence-electron chi connectivity index (χ1n) is 4.11. The summed E-state index contributed by atoms with van der Waals surface area (Å²) in [5.41, 5.74) is 1.47. The van der Waals surface area contributed by atoms with Gasteiger partial charge in [0.05, 0.1) is 5.69 Å². The van der Waals surface area contributed by atoms with Crippen LogP contribution < -0.4 is 5.32 Å². The van der Waals surface area contributed by atoms with E-state index < -0.39 is 0 Å². The summed E-state index contributed by atoms with van der Waals surface area (Å²) in [7, 11) is 0. The lowest BCUT2D eigenvalue weighted by Crippen LogP contribution is -2.12. The number of carbonyl (C=O) groups excluding carboxylic acids is 1. The van der Waals surface area contributed by atoms with Crippen molar-refractivity contribution in [3.05, 3.63) is 23.0 Å². The lowest BCUT2D eigenvalue weighted by Gasteiger charge is -2.05. The fraction of sp³-hybridized carbons (Fsp3) is 0.333. The van der Waals surface area contributed by atoms with Gasteiger partial charge in [0.1, 0.15) is 0 Å². The zero-order valence-corrected chi connectivity index (χ0v) is 9.19. The molecule has 0 saturated carbocycles. The molecule has 0 unspecified atom stereocenters. The van der Waals surface area contributed by atoms with Crippen molar-refractivity contribution >= 4 is 34.8 Å². The second-order valence-corrected chi connectivity index (χ2v) is 3.57. The molecule has 0 atom stereocenters. The number of pyridine rings is 1. The molecular formula is C9H10Cl2N2O. The van der Waals surface area contributed by atoms with Gasteiger partial charge in [0.25, 0.3) is 0 Å². The third kappa shape index (κ3) is 3.16. The number of amides is 1. The first-order chi connectivity index (χ1) is 6.63. The molecule has 0 aromatic carbocycles. The van der Waals surface area contributed by atoms with Gasteiger partial charge in [-0.1, -0.05) is 11.6 Å². The molecule has 0 saturated heterocycles. The zero-order chi connectivity index (χ0) is 10.6. The Morgan fingerprint density at radius 3 is 3.00 bits per heavy atom. The predicted octanol–water partition coefficient (Wildman–Crippen LogP) is 2.61. The summed E-state index contributed by atoms with van der Waals surface area (Å²) >= 11 is 11.2. The molecule has 1 heterocycles. The number of carbonyl (C=O) groups is 1. The fourth-order valence-electron chi connectivity index (χ4n) is 0.939. The van der Waals surface area contributed by atoms with Gasteiger partial charge in [0.15, 0.2) is 5.15 Å². The molecule has 1 amide bonds. The molecule has 0 spiro atoms. The van der Waals surface area contributed by atoms with Crippen LogP contribution in [0.5, 0.6) is 0 Å². The highest BCUT2D eigenvalue weighted by molar-refractivity contribution is 6.32. The van der Waals surface area contributed by atoms with Crippen molar-refractivity contribution in [3.8, 4) is 0 Å². The van der Waals surface area contributed by atoms with Crippen LogP contribution >= 0.6 is 23.2 Å². The molecule has 1 rings (SSSR count). The Balaban J connectivity index is 2.75. The molecule has 1 aromatic rings. The van der Waals surface area contributed by atoms with Crippen LogP contribution in [0, 0.1) is 6.92 Å². The topological polar surface area (TPSA) is 42.0 Å². The summed E-state index contributed by atoms with van der Waals surface area (Å²) in [4.78, 5) is 15.1. The number of aryl methyl sites for hydroxylation is 1. The number of nitrogens with one attached hydrogen (secondary N) is 1. The van der Waals surface area contributed by atoms with Crippen LogP contribution in [-0.4, -0.2) is 16.8 Å². The van der Waals surface area contributed by atoms with Gasteiger partial charge in [0.2, 0.25) is 5.91 Å². The van der Waals surface area contributed by atoms with Crippen molar-refractivity contribution in [1.82, 2.24) is 4.98 Å². The summed E-state index contributed by atoms with van der Waals surface area (Å²) < 4.78 is 0. The summed E-state index contributed by atoms with van der Waals surface area (Å²) in [6.45, 7) is 1.88. The van der Waals surface area contributed by atoms with Gasteiger partial charge in [-0.2, -0.15) is 0 Å². The Labute approximate surface area is 92.4 Å². The molecule has 0 fully saturated rings. The standard InChI is InChI=1S/C9H10Cl2N2O/c1-6-4-7(9(11)12-5-6)13-8(14)2-3-10/h4-5H,2-3H2,1H3,(H,13,14). The summed E-state index contributed by atoms with van der Waals surface area (Å²) in [6.07, 6.45) is 1.91. The normalized spacial score (nSPS) is 9.93. The fourth-order valence-corrected chi connectivity index (χ4v) is 1.26. The van der Waals surface area contributed by atoms with E-state index in [-0.39, 0.29) is 12.3 Å². The number of rotatable bonds is 3. The van der Waals surface area contributed by atoms with Crippen LogP contribution in [0.4, 0.5) is 5.69 Å². The Bertz CT molecular complexity index is 342. The SMILES string of the molecule is Cc1cnc(Cl)c(NC(=O)CCCl)c1. The minimum Gasteiger partial charge on any atom is -0.323 e. The number of hydrogen-bond acceptors (Lipinski definition) is 2. The lowest BCUT2D eigenvalue weighted by molar-refractivity contribution is -0.115. The average molecular weight is 233 g/mol. The Kier molecular flexibility index (Phi) is 4.17. The minimum absolute atomic E-state index is 0.158. The van der Waals surface area contributed by atoms with Crippen molar-refractivity contribution in [2.75, 3.05) is 11.2 Å². The molecular weight excluding hydrogens is 223 g/mol. The number of anilines is 1. The first kappa shape index (κ1) is 11.3. The van der Waals surface area contributed by atoms with Crippen LogP contribution in [0.1, 0.15) is 12.0 Å². The molecule has 1 aromatic heterocycles. The van der Waals surface area contributed by atoms with Crippen molar-refractivity contribution in [3.63, 3.8) is 0 Å². The molecule has 3 nitrogen and oxygen atoms in total. The summed E-state index contributed by atoms with van der Waals surface area (Å²) in [5, 5.41) is 2.92. The third-order valence-corrected chi connectivity index (χ3v) is 2.06. The maximum atomic E-state index is 11.2. The summed E-state index contributed by atoms with van der Waals surface area (Å²) in [5.74, 6) is 0.136. The van der Waals surface area contributed by atoms with Crippen LogP contribution in [0.15, 0.2) is 12.3 Å². The van der Waals surface area contributed by atoms with Gasteiger partial charge < -0.3 is 5.32 Å². The van der Waals surface area contributed by atoms with E-state index in [0.717, 1.165) is 5.56 Å². The number of nitrogens with zero attached hydrogens (tertiary/aromatic N) is 1. The summed E-state index contributed by atoms with van der Waals surface area (Å²) in [6, 6.07) is 1.77. The quantitative estimate of drug-likeness (QED) is 0.644. The van der Waals surface area contributed by atoms with Gasteiger partial charge in [0, 0.05) is 18.5 Å². The van der Waals surface area contributed by atoms with E-state index in [0.29, 0.717) is 16.7 Å². The highest BCUT2D eigenvalue weighted by atomic mass is 35.5. The maximum absolute atomic E-state index is 11.2. The van der Waals surface area contributed by atoms with Crippen molar-refractivity contribution in [2.24, 2.45) is 0 Å². The van der Waals surface area contributed by atoms with E-state index in [1.54, 1.807) is 12.3 Å². The highest BCUT2D eigenvalue weighted by Crippen LogP contribution is 2.19. The first-order valence-corrected chi connectivity index (χ1v) is 5.02. The van der Waals surface area contributed by atoms with Crippen LogP contribution in [0.25, 0.3) is 0 Å². The van der Waals surface area contributed by atoms with E-state index in [2.05, 4.69) is 10.3 Å². The van der Waals surface area contributed by atoms with Crippen molar-refractivity contribution in [2.45, 2.75) is 13.3 Å². The van der Waals surface area contributed by atoms with E-state index >= 15 is 0 Å². The number of alkyl halides is 1. The van der Waals surface area contributed by atoms with Gasteiger partial charge >= 0.3 is 0 Å². The Morgan fingerprint density at radius 2 is 2.36 bits per heavy atom. The monoisotopic (exact) mass is 232 g/mol. The van der Waals surface area contributed by atoms with Gasteiger partial charge in [-0.05, 0) is 18.6 Å². The molecule has 0 aliphatic carbocycles. The predicted molar refractivity (Wildman–Crippen MR) is 58.0 cm³/mol.